The second kappa shape index (κ2) is 12.2. The fourth-order valence-corrected chi connectivity index (χ4v) is 7.25. The van der Waals surface area contributed by atoms with Gasteiger partial charge in [-0.1, -0.05) is 18.2 Å². The maximum Gasteiger partial charge on any atom is 0.200 e. The number of hydrogen-bond acceptors (Lipinski definition) is 11. The largest absolute Gasteiger partial charge is 0.507 e. The zero-order chi connectivity index (χ0) is 33.0. The molecule has 3 aliphatic rings. The summed E-state index contributed by atoms with van der Waals surface area (Å²) in [5.74, 6) is 0.730. The zero-order valence-corrected chi connectivity index (χ0v) is 26.3. The molecule has 0 saturated carbocycles. The molecule has 47 heavy (non-hydrogen) atoms. The van der Waals surface area contributed by atoms with Gasteiger partial charge in [-0.25, -0.2) is 0 Å². The van der Waals surface area contributed by atoms with Crippen molar-refractivity contribution in [1.82, 2.24) is 5.32 Å². The molecule has 0 aromatic heterocycles. The Labute approximate surface area is 271 Å². The van der Waals surface area contributed by atoms with Gasteiger partial charge in [0.25, 0.3) is 0 Å². The minimum atomic E-state index is -1.18. The van der Waals surface area contributed by atoms with Crippen LogP contribution < -0.4 is 29.6 Å². The number of benzene rings is 4. The number of likely N-dealkylation sites (N-methyl/N-ethyl adjacent to an activating group) is 1. The number of phenols is 2. The minimum Gasteiger partial charge on any atom is -0.507 e. The Morgan fingerprint density at radius 2 is 1.68 bits per heavy atom. The first-order valence-electron chi connectivity index (χ1n) is 15.6. The van der Waals surface area contributed by atoms with Crippen LogP contribution in [0.5, 0.6) is 34.5 Å². The van der Waals surface area contributed by atoms with Crippen LogP contribution in [-0.4, -0.2) is 60.0 Å². The molecule has 7 N–H and O–H groups in total. The SMILES string of the molecule is CNC[C@H](Oc1cc(O)c2c3c1CCc1c-3c(cc3c1[C@@H](O)[C@H](c1cc(OC)c(O)c(OC)c1)CO3)N[C@H]2O)c1cccc(CO)c1. The van der Waals surface area contributed by atoms with Gasteiger partial charge in [-0.05, 0) is 60.3 Å². The number of ether oxygens (including phenoxy) is 4. The van der Waals surface area contributed by atoms with E-state index in [0.29, 0.717) is 58.8 Å². The van der Waals surface area contributed by atoms with Crippen molar-refractivity contribution < 1.29 is 44.5 Å². The van der Waals surface area contributed by atoms with E-state index < -0.39 is 24.4 Å². The number of aliphatic hydroxyl groups is 3. The summed E-state index contributed by atoms with van der Waals surface area (Å²) < 4.78 is 23.6. The number of aromatic hydroxyl groups is 2. The van der Waals surface area contributed by atoms with Crippen molar-refractivity contribution in [2.75, 3.05) is 39.7 Å². The molecule has 0 saturated heterocycles. The van der Waals surface area contributed by atoms with Crippen LogP contribution in [0, 0.1) is 0 Å². The molecule has 4 aromatic rings. The molecule has 4 atom stereocenters. The summed E-state index contributed by atoms with van der Waals surface area (Å²) in [7, 11) is 4.74. The van der Waals surface area contributed by atoms with Gasteiger partial charge in [0.15, 0.2) is 17.7 Å². The van der Waals surface area contributed by atoms with Gasteiger partial charge in [0.05, 0.1) is 39.1 Å². The predicted octanol–water partition coefficient (Wildman–Crippen LogP) is 4.34. The van der Waals surface area contributed by atoms with Crippen molar-refractivity contribution in [3.8, 4) is 45.6 Å². The Balaban J connectivity index is 1.34. The van der Waals surface area contributed by atoms with Gasteiger partial charge in [-0.2, -0.15) is 0 Å². The lowest BCUT2D eigenvalue weighted by atomic mass is 9.74. The van der Waals surface area contributed by atoms with E-state index in [9.17, 15) is 25.5 Å². The second-order valence-corrected chi connectivity index (χ2v) is 12.1. The van der Waals surface area contributed by atoms with Crippen molar-refractivity contribution in [1.29, 1.82) is 0 Å². The molecule has 246 valence electrons. The van der Waals surface area contributed by atoms with Crippen LogP contribution in [0.15, 0.2) is 48.5 Å². The molecule has 2 aliphatic heterocycles. The molecule has 11 heteroatoms. The van der Waals surface area contributed by atoms with Gasteiger partial charge in [0.2, 0.25) is 5.75 Å². The Bertz CT molecular complexity index is 1830. The number of aliphatic hydroxyl groups excluding tert-OH is 3. The second-order valence-electron chi connectivity index (χ2n) is 12.1. The number of phenolic OH excluding ortho intramolecular Hbond substituents is 2. The normalized spacial score (nSPS) is 19.5. The van der Waals surface area contributed by atoms with Gasteiger partial charge < -0.3 is 55.1 Å². The number of nitrogens with one attached hydrogen (secondary N) is 2. The van der Waals surface area contributed by atoms with Crippen LogP contribution in [0.4, 0.5) is 5.69 Å². The van der Waals surface area contributed by atoms with E-state index in [1.54, 1.807) is 24.3 Å². The Kier molecular flexibility index (Phi) is 8.01. The topological polar surface area (TPSA) is 162 Å². The van der Waals surface area contributed by atoms with Crippen LogP contribution in [0.1, 0.15) is 63.3 Å². The Morgan fingerprint density at radius 1 is 0.936 bits per heavy atom. The zero-order valence-electron chi connectivity index (χ0n) is 26.3. The average Bonchev–Trinajstić information content (AvgIpc) is 3.07. The van der Waals surface area contributed by atoms with Gasteiger partial charge in [-0.3, -0.25) is 0 Å². The molecular formula is C36H38N2O9. The summed E-state index contributed by atoms with van der Waals surface area (Å²) in [5, 5.41) is 61.0. The fraction of sp³-hybridized carbons (Fsp3) is 0.333. The Morgan fingerprint density at radius 3 is 2.38 bits per heavy atom. The molecule has 11 nitrogen and oxygen atoms in total. The van der Waals surface area contributed by atoms with E-state index >= 15 is 0 Å². The maximum absolute atomic E-state index is 12.0. The number of methoxy groups -OCH3 is 2. The number of anilines is 1. The van der Waals surface area contributed by atoms with Crippen molar-refractivity contribution in [2.24, 2.45) is 0 Å². The van der Waals surface area contributed by atoms with E-state index in [0.717, 1.165) is 27.8 Å². The highest BCUT2D eigenvalue weighted by atomic mass is 16.5. The summed E-state index contributed by atoms with van der Waals surface area (Å²) in [6.07, 6.45) is -1.51. The Hall–Kier alpha value is -4.68. The molecular weight excluding hydrogens is 604 g/mol. The molecule has 2 heterocycles. The number of rotatable bonds is 9. The van der Waals surface area contributed by atoms with Gasteiger partial charge in [0.1, 0.15) is 23.4 Å². The summed E-state index contributed by atoms with van der Waals surface area (Å²) in [5.41, 5.74) is 7.12. The van der Waals surface area contributed by atoms with Crippen molar-refractivity contribution in [2.45, 2.75) is 43.8 Å². The first-order valence-corrected chi connectivity index (χ1v) is 15.6. The third-order valence-electron chi connectivity index (χ3n) is 9.48. The lowest BCUT2D eigenvalue weighted by Gasteiger charge is -2.39. The minimum absolute atomic E-state index is 0.0932. The highest BCUT2D eigenvalue weighted by Gasteiger charge is 2.41. The summed E-state index contributed by atoms with van der Waals surface area (Å²) in [6.45, 7) is 0.546. The molecule has 0 bridgehead atoms. The molecule has 4 aromatic carbocycles. The van der Waals surface area contributed by atoms with Crippen LogP contribution in [0.25, 0.3) is 11.1 Å². The predicted molar refractivity (Wildman–Crippen MR) is 174 cm³/mol. The third-order valence-corrected chi connectivity index (χ3v) is 9.48. The lowest BCUT2D eigenvalue weighted by molar-refractivity contribution is 0.0878. The number of fused-ring (bicyclic) bond motifs is 2. The molecule has 0 fully saturated rings. The first kappa shape index (κ1) is 30.9. The summed E-state index contributed by atoms with van der Waals surface area (Å²) in [4.78, 5) is 0. The first-order chi connectivity index (χ1) is 22.8. The van der Waals surface area contributed by atoms with E-state index in [1.165, 1.54) is 14.2 Å². The van der Waals surface area contributed by atoms with Gasteiger partial charge in [0, 0.05) is 52.5 Å². The van der Waals surface area contributed by atoms with Crippen molar-refractivity contribution >= 4 is 5.69 Å². The smallest absolute Gasteiger partial charge is 0.200 e. The summed E-state index contributed by atoms with van der Waals surface area (Å²) >= 11 is 0. The van der Waals surface area contributed by atoms with E-state index in [1.807, 2.05) is 31.3 Å². The molecule has 0 unspecified atom stereocenters. The third kappa shape index (κ3) is 5.06. The maximum atomic E-state index is 12.0. The van der Waals surface area contributed by atoms with Gasteiger partial charge >= 0.3 is 0 Å². The molecule has 0 radical (unpaired) electrons. The highest BCUT2D eigenvalue weighted by Crippen LogP contribution is 2.57. The van der Waals surface area contributed by atoms with Crippen molar-refractivity contribution in [3.63, 3.8) is 0 Å². The standard InChI is InChI=1S/C36H38N2O9/c1-37-14-29(18-6-4-5-17(9-18)15-39)47-25-13-24(40)33-32-20(25)7-8-21-30(32)23(38-36(33)43)12-26-31(21)34(41)22(16-46-26)19-10-27(44-2)35(42)28(11-19)45-3/h4-6,9-13,22,29,34,36-43H,7-8,14-16H2,1-3H3/t22-,29-,34-,36-/m0/s1. The average molecular weight is 643 g/mol. The van der Waals surface area contributed by atoms with Crippen LogP contribution in [0.3, 0.4) is 0 Å². The highest BCUT2D eigenvalue weighted by molar-refractivity contribution is 5.93. The van der Waals surface area contributed by atoms with E-state index in [4.69, 9.17) is 18.9 Å². The quantitative estimate of drug-likeness (QED) is 0.139. The lowest BCUT2D eigenvalue weighted by Crippen LogP contribution is -2.29. The van der Waals surface area contributed by atoms with E-state index in [2.05, 4.69) is 10.6 Å². The number of hydrogen-bond donors (Lipinski definition) is 7. The summed E-state index contributed by atoms with van der Waals surface area (Å²) in [6, 6.07) is 14.3. The molecule has 7 rings (SSSR count). The molecule has 0 spiro atoms. The molecule has 1 aliphatic carbocycles. The van der Waals surface area contributed by atoms with Crippen LogP contribution >= 0.6 is 0 Å². The van der Waals surface area contributed by atoms with Gasteiger partial charge in [-0.15, -0.1) is 0 Å². The van der Waals surface area contributed by atoms with Crippen molar-refractivity contribution in [3.05, 3.63) is 87.5 Å². The van der Waals surface area contributed by atoms with E-state index in [-0.39, 0.29) is 36.2 Å². The van der Waals surface area contributed by atoms with Crippen LogP contribution in [-0.2, 0) is 19.4 Å². The fourth-order valence-electron chi connectivity index (χ4n) is 7.25. The molecule has 0 amide bonds. The van der Waals surface area contributed by atoms with Crippen LogP contribution in [0.2, 0.25) is 0 Å². The monoisotopic (exact) mass is 642 g/mol.